The zero-order valence-corrected chi connectivity index (χ0v) is 7.61. The first kappa shape index (κ1) is 10.8. The van der Waals surface area contributed by atoms with Crippen LogP contribution in [0.4, 0.5) is 13.2 Å². The molecule has 0 saturated heterocycles. The number of hydrogen-bond donors (Lipinski definition) is 1. The zero-order chi connectivity index (χ0) is 9.90. The van der Waals surface area contributed by atoms with Crippen molar-refractivity contribution in [2.45, 2.75) is 38.3 Å². The Labute approximate surface area is 76.5 Å². The second-order valence-corrected chi connectivity index (χ2v) is 3.84. The Hall–Kier alpha value is -0.250. The summed E-state index contributed by atoms with van der Waals surface area (Å²) in [5.74, 6) is -0.620. The highest BCUT2D eigenvalue weighted by molar-refractivity contribution is 4.77. The predicted molar refractivity (Wildman–Crippen MR) is 45.2 cm³/mol. The minimum Gasteiger partial charge on any atom is -0.330 e. The largest absolute Gasteiger partial charge is 0.391 e. The average molecular weight is 195 g/mol. The van der Waals surface area contributed by atoms with Gasteiger partial charge in [0.15, 0.2) is 0 Å². The average Bonchev–Trinajstić information content (AvgIpc) is 2.04. The summed E-state index contributed by atoms with van der Waals surface area (Å²) in [4.78, 5) is 0. The van der Waals surface area contributed by atoms with Gasteiger partial charge in [0, 0.05) is 0 Å². The number of rotatable bonds is 2. The molecular weight excluding hydrogens is 179 g/mol. The highest BCUT2D eigenvalue weighted by Crippen LogP contribution is 2.40. The normalized spacial score (nSPS) is 30.5. The first-order valence-electron chi connectivity index (χ1n) is 4.81. The lowest BCUT2D eigenvalue weighted by atomic mass is 9.80. The van der Waals surface area contributed by atoms with Gasteiger partial charge in [0.25, 0.3) is 0 Å². The molecule has 13 heavy (non-hydrogen) atoms. The fourth-order valence-corrected chi connectivity index (χ4v) is 2.01. The molecule has 0 bridgehead atoms. The minimum atomic E-state index is -3.98. The van der Waals surface area contributed by atoms with Crippen LogP contribution in [-0.2, 0) is 0 Å². The Kier molecular flexibility index (Phi) is 3.59. The number of halogens is 3. The van der Waals surface area contributed by atoms with Crippen LogP contribution < -0.4 is 5.73 Å². The summed E-state index contributed by atoms with van der Waals surface area (Å²) < 4.78 is 36.7. The van der Waals surface area contributed by atoms with Crippen LogP contribution >= 0.6 is 0 Å². The number of hydrogen-bond acceptors (Lipinski definition) is 1. The molecule has 2 N–H and O–H groups in total. The van der Waals surface area contributed by atoms with Crippen LogP contribution in [0.25, 0.3) is 0 Å². The Bertz CT molecular complexity index is 147. The van der Waals surface area contributed by atoms with E-state index in [1.807, 2.05) is 0 Å². The van der Waals surface area contributed by atoms with Crippen molar-refractivity contribution in [3.63, 3.8) is 0 Å². The monoisotopic (exact) mass is 195 g/mol. The number of alkyl halides is 3. The zero-order valence-electron chi connectivity index (χ0n) is 7.61. The molecule has 0 aromatic rings. The predicted octanol–water partition coefficient (Wildman–Crippen LogP) is 2.70. The minimum absolute atomic E-state index is 0.300. The maximum Gasteiger partial charge on any atom is 0.391 e. The first-order valence-corrected chi connectivity index (χ1v) is 4.81. The van der Waals surface area contributed by atoms with Gasteiger partial charge in [0.1, 0.15) is 0 Å². The SMILES string of the molecule is NCCC1CCC(C(F)(F)F)CC1. The lowest BCUT2D eigenvalue weighted by Gasteiger charge is -2.29. The van der Waals surface area contributed by atoms with Crippen LogP contribution in [0.15, 0.2) is 0 Å². The summed E-state index contributed by atoms with van der Waals surface area (Å²) in [6, 6.07) is 0. The summed E-state index contributed by atoms with van der Waals surface area (Å²) in [6.07, 6.45) is -1.11. The van der Waals surface area contributed by atoms with Crippen molar-refractivity contribution in [2.75, 3.05) is 6.54 Å². The second-order valence-electron chi connectivity index (χ2n) is 3.84. The van der Waals surface area contributed by atoms with E-state index in [9.17, 15) is 13.2 Å². The van der Waals surface area contributed by atoms with E-state index in [0.29, 0.717) is 38.1 Å². The molecular formula is C9H16F3N. The van der Waals surface area contributed by atoms with E-state index in [1.165, 1.54) is 0 Å². The lowest BCUT2D eigenvalue weighted by Crippen LogP contribution is -2.28. The van der Waals surface area contributed by atoms with Crippen LogP contribution in [0.5, 0.6) is 0 Å². The van der Waals surface area contributed by atoms with Gasteiger partial charge in [0.05, 0.1) is 5.92 Å². The van der Waals surface area contributed by atoms with Crippen molar-refractivity contribution in [3.8, 4) is 0 Å². The maximum absolute atomic E-state index is 12.2. The van der Waals surface area contributed by atoms with Gasteiger partial charge in [-0.25, -0.2) is 0 Å². The van der Waals surface area contributed by atoms with E-state index >= 15 is 0 Å². The third-order valence-electron chi connectivity index (χ3n) is 2.88. The van der Waals surface area contributed by atoms with Gasteiger partial charge < -0.3 is 5.73 Å². The number of nitrogens with two attached hydrogens (primary N) is 1. The summed E-state index contributed by atoms with van der Waals surface area (Å²) >= 11 is 0. The summed E-state index contributed by atoms with van der Waals surface area (Å²) in [7, 11) is 0. The Balaban J connectivity index is 2.30. The quantitative estimate of drug-likeness (QED) is 0.720. The molecule has 0 unspecified atom stereocenters. The van der Waals surface area contributed by atoms with Crippen LogP contribution in [0.3, 0.4) is 0 Å². The van der Waals surface area contributed by atoms with Crippen molar-refractivity contribution in [1.29, 1.82) is 0 Å². The van der Waals surface area contributed by atoms with E-state index in [0.717, 1.165) is 6.42 Å². The third-order valence-corrected chi connectivity index (χ3v) is 2.88. The topological polar surface area (TPSA) is 26.0 Å². The second kappa shape index (κ2) is 4.31. The molecule has 0 amide bonds. The van der Waals surface area contributed by atoms with Gasteiger partial charge in [0.2, 0.25) is 0 Å². The smallest absolute Gasteiger partial charge is 0.330 e. The van der Waals surface area contributed by atoms with Crippen LogP contribution in [0.2, 0.25) is 0 Å². The van der Waals surface area contributed by atoms with E-state index in [-0.39, 0.29) is 0 Å². The molecule has 0 aromatic carbocycles. The Morgan fingerprint density at radius 2 is 1.62 bits per heavy atom. The van der Waals surface area contributed by atoms with Gasteiger partial charge in [-0.05, 0) is 44.6 Å². The molecule has 0 atom stereocenters. The van der Waals surface area contributed by atoms with Gasteiger partial charge in [-0.3, -0.25) is 0 Å². The summed E-state index contributed by atoms with van der Waals surface area (Å²) in [5, 5.41) is 0. The fourth-order valence-electron chi connectivity index (χ4n) is 2.01. The summed E-state index contributed by atoms with van der Waals surface area (Å²) in [5.41, 5.74) is 5.36. The van der Waals surface area contributed by atoms with Crippen LogP contribution in [0, 0.1) is 11.8 Å². The van der Waals surface area contributed by atoms with Crippen molar-refractivity contribution in [2.24, 2.45) is 17.6 Å². The molecule has 78 valence electrons. The molecule has 4 heteroatoms. The molecule has 0 spiro atoms. The van der Waals surface area contributed by atoms with Crippen LogP contribution in [0.1, 0.15) is 32.1 Å². The molecule has 0 aliphatic heterocycles. The molecule has 1 rings (SSSR count). The van der Waals surface area contributed by atoms with Crippen molar-refractivity contribution < 1.29 is 13.2 Å². The Morgan fingerprint density at radius 3 is 2.00 bits per heavy atom. The standard InChI is InChI=1S/C9H16F3N/c10-9(11,12)8-3-1-7(2-4-8)5-6-13/h7-8H,1-6,13H2. The fraction of sp³-hybridized carbons (Fsp3) is 1.00. The molecule has 1 nitrogen and oxygen atoms in total. The molecule has 0 radical (unpaired) electrons. The molecule has 1 aliphatic rings. The maximum atomic E-state index is 12.2. The molecule has 1 saturated carbocycles. The van der Waals surface area contributed by atoms with E-state index < -0.39 is 12.1 Å². The van der Waals surface area contributed by atoms with Gasteiger partial charge in [-0.15, -0.1) is 0 Å². The van der Waals surface area contributed by atoms with Crippen molar-refractivity contribution in [1.82, 2.24) is 0 Å². The van der Waals surface area contributed by atoms with E-state index in [2.05, 4.69) is 0 Å². The lowest BCUT2D eigenvalue weighted by molar-refractivity contribution is -0.183. The highest BCUT2D eigenvalue weighted by atomic mass is 19.4. The molecule has 1 fully saturated rings. The van der Waals surface area contributed by atoms with Gasteiger partial charge in [-0.2, -0.15) is 13.2 Å². The highest BCUT2D eigenvalue weighted by Gasteiger charge is 2.41. The molecule has 0 heterocycles. The molecule has 0 aromatic heterocycles. The van der Waals surface area contributed by atoms with Crippen molar-refractivity contribution in [3.05, 3.63) is 0 Å². The third kappa shape index (κ3) is 3.18. The van der Waals surface area contributed by atoms with Gasteiger partial charge in [-0.1, -0.05) is 0 Å². The van der Waals surface area contributed by atoms with E-state index in [4.69, 9.17) is 5.73 Å². The first-order chi connectivity index (χ1) is 6.04. The van der Waals surface area contributed by atoms with E-state index in [1.54, 1.807) is 0 Å². The van der Waals surface area contributed by atoms with Gasteiger partial charge >= 0.3 is 6.18 Å². The summed E-state index contributed by atoms with van der Waals surface area (Å²) in [6.45, 7) is 0.599. The Morgan fingerprint density at radius 1 is 1.08 bits per heavy atom. The van der Waals surface area contributed by atoms with Crippen LogP contribution in [-0.4, -0.2) is 12.7 Å². The molecule has 1 aliphatic carbocycles. The van der Waals surface area contributed by atoms with Crippen molar-refractivity contribution >= 4 is 0 Å².